The summed E-state index contributed by atoms with van der Waals surface area (Å²) in [4.78, 5) is 11.9. The van der Waals surface area contributed by atoms with Crippen molar-refractivity contribution < 1.29 is 26.7 Å². The minimum atomic E-state index is -2.19. The molecule has 0 saturated heterocycles. The number of hydrogen-bond acceptors (Lipinski definition) is 1. The van der Waals surface area contributed by atoms with E-state index >= 15 is 0 Å². The Morgan fingerprint density at radius 2 is 1.30 bits per heavy atom. The Morgan fingerprint density at radius 1 is 0.800 bits per heavy atom. The molecule has 0 radical (unpaired) electrons. The first-order valence-electron chi connectivity index (χ1n) is 6.19. The molecular formula is C14H9F5O. The van der Waals surface area contributed by atoms with Crippen LogP contribution in [0, 0.1) is 40.9 Å². The van der Waals surface area contributed by atoms with Gasteiger partial charge in [-0.05, 0) is 36.8 Å². The highest BCUT2D eigenvalue weighted by atomic mass is 19.2. The first kappa shape index (κ1) is 13.3. The molecule has 0 aromatic heterocycles. The largest absolute Gasteiger partial charge is 0.294 e. The van der Waals surface area contributed by atoms with Crippen LogP contribution in [-0.4, -0.2) is 5.78 Å². The van der Waals surface area contributed by atoms with Crippen molar-refractivity contribution in [2.75, 3.05) is 0 Å². The molecule has 6 heteroatoms. The van der Waals surface area contributed by atoms with Crippen LogP contribution >= 0.6 is 0 Å². The minimum absolute atomic E-state index is 0.137. The molecule has 3 rings (SSSR count). The second kappa shape index (κ2) is 4.40. The Kier molecular flexibility index (Phi) is 2.92. The van der Waals surface area contributed by atoms with E-state index in [1.807, 2.05) is 0 Å². The van der Waals surface area contributed by atoms with Crippen LogP contribution in [0.4, 0.5) is 22.0 Å². The van der Waals surface area contributed by atoms with Gasteiger partial charge in [-0.25, -0.2) is 22.0 Å². The molecule has 0 amide bonds. The maximum atomic E-state index is 13.5. The SMILES string of the molecule is O=C1/C(=C/c2c(F)c(F)c(F)c(F)c2F)C2CCC1C2. The van der Waals surface area contributed by atoms with Gasteiger partial charge in [0.15, 0.2) is 29.1 Å². The number of Topliss-reactive ketones (excluding diaryl/α,β-unsaturated/α-hetero) is 1. The van der Waals surface area contributed by atoms with Crippen LogP contribution in [0.2, 0.25) is 0 Å². The predicted molar refractivity (Wildman–Crippen MR) is 60.0 cm³/mol. The van der Waals surface area contributed by atoms with E-state index in [1.54, 1.807) is 0 Å². The van der Waals surface area contributed by atoms with Crippen LogP contribution in [0.5, 0.6) is 0 Å². The van der Waals surface area contributed by atoms with Gasteiger partial charge in [-0.3, -0.25) is 4.79 Å². The number of fused-ring (bicyclic) bond motifs is 2. The van der Waals surface area contributed by atoms with E-state index in [0.29, 0.717) is 12.8 Å². The van der Waals surface area contributed by atoms with Gasteiger partial charge in [0.05, 0.1) is 5.56 Å². The molecule has 2 fully saturated rings. The summed E-state index contributed by atoms with van der Waals surface area (Å²) >= 11 is 0. The molecule has 2 bridgehead atoms. The molecule has 2 saturated carbocycles. The van der Waals surface area contributed by atoms with Crippen molar-refractivity contribution in [3.63, 3.8) is 0 Å². The third kappa shape index (κ3) is 1.70. The number of ketones is 1. The highest BCUT2D eigenvalue weighted by Crippen LogP contribution is 2.46. The normalized spacial score (nSPS) is 26.9. The third-order valence-electron chi connectivity index (χ3n) is 4.07. The van der Waals surface area contributed by atoms with Gasteiger partial charge in [0.1, 0.15) is 0 Å². The summed E-state index contributed by atoms with van der Waals surface area (Å²) in [6, 6.07) is 0. The predicted octanol–water partition coefficient (Wildman–Crippen LogP) is 3.76. The van der Waals surface area contributed by atoms with Crippen molar-refractivity contribution in [3.8, 4) is 0 Å². The number of carbonyl (C=O) groups is 1. The Bertz CT molecular complexity index is 620. The topological polar surface area (TPSA) is 17.1 Å². The average Bonchev–Trinajstić information content (AvgIpc) is 3.01. The Hall–Kier alpha value is -1.72. The number of halogens is 5. The van der Waals surface area contributed by atoms with Gasteiger partial charge >= 0.3 is 0 Å². The maximum absolute atomic E-state index is 13.5. The molecule has 20 heavy (non-hydrogen) atoms. The number of benzene rings is 1. The van der Waals surface area contributed by atoms with E-state index in [1.165, 1.54) is 0 Å². The molecule has 2 aliphatic rings. The molecule has 1 nitrogen and oxygen atoms in total. The Morgan fingerprint density at radius 3 is 1.80 bits per heavy atom. The van der Waals surface area contributed by atoms with Crippen LogP contribution in [0.25, 0.3) is 6.08 Å². The lowest BCUT2D eigenvalue weighted by Gasteiger charge is -2.13. The van der Waals surface area contributed by atoms with Crippen LogP contribution in [-0.2, 0) is 4.79 Å². The zero-order valence-electron chi connectivity index (χ0n) is 10.2. The molecular weight excluding hydrogens is 279 g/mol. The van der Waals surface area contributed by atoms with Gasteiger partial charge in [0, 0.05) is 5.92 Å². The van der Waals surface area contributed by atoms with E-state index in [-0.39, 0.29) is 23.2 Å². The first-order chi connectivity index (χ1) is 9.41. The molecule has 2 unspecified atom stereocenters. The van der Waals surface area contributed by atoms with Crippen LogP contribution in [0.15, 0.2) is 5.57 Å². The molecule has 106 valence electrons. The lowest BCUT2D eigenvalue weighted by atomic mass is 9.91. The standard InChI is InChI=1S/C14H9F5O/c15-9-8(10(16)12(18)13(19)11(9)17)4-7-5-1-2-6(3-5)14(7)20/h4-6H,1-3H2/b7-4+. The highest BCUT2D eigenvalue weighted by molar-refractivity contribution is 6.04. The van der Waals surface area contributed by atoms with Crippen molar-refractivity contribution in [2.45, 2.75) is 19.3 Å². The van der Waals surface area contributed by atoms with Gasteiger partial charge in [-0.15, -0.1) is 0 Å². The number of hydrogen-bond donors (Lipinski definition) is 0. The van der Waals surface area contributed by atoms with Gasteiger partial charge in [-0.1, -0.05) is 0 Å². The average molecular weight is 288 g/mol. The molecule has 0 aliphatic heterocycles. The fourth-order valence-corrected chi connectivity index (χ4v) is 3.03. The quantitative estimate of drug-likeness (QED) is 0.333. The second-order valence-electron chi connectivity index (χ2n) is 5.15. The van der Waals surface area contributed by atoms with E-state index in [0.717, 1.165) is 12.5 Å². The fraction of sp³-hybridized carbons (Fsp3) is 0.357. The van der Waals surface area contributed by atoms with Crippen LogP contribution < -0.4 is 0 Å². The molecule has 0 N–H and O–H groups in total. The zero-order valence-corrected chi connectivity index (χ0v) is 10.2. The number of rotatable bonds is 1. The smallest absolute Gasteiger partial charge is 0.200 e. The first-order valence-corrected chi connectivity index (χ1v) is 6.19. The Labute approximate surface area is 111 Å². The molecule has 2 aliphatic carbocycles. The number of carbonyl (C=O) groups excluding carboxylic acids is 1. The summed E-state index contributed by atoms with van der Waals surface area (Å²) in [7, 11) is 0. The maximum Gasteiger partial charge on any atom is 0.200 e. The molecule has 1 aromatic rings. The molecule has 1 aromatic carbocycles. The molecule has 0 spiro atoms. The minimum Gasteiger partial charge on any atom is -0.294 e. The van der Waals surface area contributed by atoms with Gasteiger partial charge in [0.2, 0.25) is 5.82 Å². The van der Waals surface area contributed by atoms with Crippen LogP contribution in [0.3, 0.4) is 0 Å². The van der Waals surface area contributed by atoms with Crippen molar-refractivity contribution in [1.82, 2.24) is 0 Å². The van der Waals surface area contributed by atoms with Crippen molar-refractivity contribution in [1.29, 1.82) is 0 Å². The summed E-state index contributed by atoms with van der Waals surface area (Å²) in [5.74, 6) is -10.5. The zero-order chi connectivity index (χ0) is 14.6. The van der Waals surface area contributed by atoms with E-state index in [9.17, 15) is 26.7 Å². The summed E-state index contributed by atoms with van der Waals surface area (Å²) in [5.41, 5.74) is -0.859. The van der Waals surface area contributed by atoms with Crippen molar-refractivity contribution >= 4 is 11.9 Å². The van der Waals surface area contributed by atoms with Crippen molar-refractivity contribution in [2.24, 2.45) is 11.8 Å². The van der Waals surface area contributed by atoms with Crippen LogP contribution in [0.1, 0.15) is 24.8 Å². The summed E-state index contributed by atoms with van der Waals surface area (Å²) in [6.07, 6.45) is 2.85. The van der Waals surface area contributed by atoms with E-state index in [4.69, 9.17) is 0 Å². The van der Waals surface area contributed by atoms with Gasteiger partial charge in [-0.2, -0.15) is 0 Å². The van der Waals surface area contributed by atoms with E-state index in [2.05, 4.69) is 0 Å². The summed E-state index contributed by atoms with van der Waals surface area (Å²) < 4.78 is 66.2. The lowest BCUT2D eigenvalue weighted by molar-refractivity contribution is -0.118. The Balaban J connectivity index is 2.15. The fourth-order valence-electron chi connectivity index (χ4n) is 3.03. The summed E-state index contributed by atoms with van der Waals surface area (Å²) in [5, 5.41) is 0. The van der Waals surface area contributed by atoms with Gasteiger partial charge in [0.25, 0.3) is 0 Å². The third-order valence-corrected chi connectivity index (χ3v) is 4.07. The lowest BCUT2D eigenvalue weighted by Crippen LogP contribution is -2.13. The second-order valence-corrected chi connectivity index (χ2v) is 5.15. The summed E-state index contributed by atoms with van der Waals surface area (Å²) in [6.45, 7) is 0. The monoisotopic (exact) mass is 288 g/mol. The number of allylic oxidation sites excluding steroid dienone is 1. The van der Waals surface area contributed by atoms with Crippen molar-refractivity contribution in [3.05, 3.63) is 40.2 Å². The van der Waals surface area contributed by atoms with Gasteiger partial charge < -0.3 is 0 Å². The highest BCUT2D eigenvalue weighted by Gasteiger charge is 2.43. The molecule has 0 heterocycles. The molecule has 2 atom stereocenters. The van der Waals surface area contributed by atoms with E-state index < -0.39 is 34.6 Å².